The lowest BCUT2D eigenvalue weighted by Gasteiger charge is -2.12. The number of aromatic nitrogens is 2. The van der Waals surface area contributed by atoms with Gasteiger partial charge < -0.3 is 15.0 Å². The second-order valence-electron chi connectivity index (χ2n) is 6.09. The quantitative estimate of drug-likeness (QED) is 0.694. The summed E-state index contributed by atoms with van der Waals surface area (Å²) in [7, 11) is 1.64. The molecule has 1 aromatic heterocycles. The number of benzene rings is 2. The molecule has 0 radical (unpaired) electrons. The summed E-state index contributed by atoms with van der Waals surface area (Å²) in [6.45, 7) is 2.38. The number of nitrogens with one attached hydrogen (secondary N) is 1. The van der Waals surface area contributed by atoms with E-state index in [0.717, 1.165) is 22.3 Å². The van der Waals surface area contributed by atoms with Gasteiger partial charge in [0.05, 0.1) is 24.7 Å². The third-order valence-electron chi connectivity index (χ3n) is 3.89. The van der Waals surface area contributed by atoms with Crippen LogP contribution in [0.4, 0.5) is 5.95 Å². The van der Waals surface area contributed by atoms with Crippen LogP contribution in [0.15, 0.2) is 48.5 Å². The fourth-order valence-electron chi connectivity index (χ4n) is 2.75. The van der Waals surface area contributed by atoms with Crippen molar-refractivity contribution in [1.29, 1.82) is 0 Å². The lowest BCUT2D eigenvalue weighted by Crippen LogP contribution is -2.25. The highest BCUT2D eigenvalue weighted by Crippen LogP contribution is 2.22. The fraction of sp³-hybridized carbons (Fsp3) is 0.263. The zero-order valence-corrected chi connectivity index (χ0v) is 15.6. The molecule has 1 heterocycles. The van der Waals surface area contributed by atoms with E-state index in [9.17, 15) is 4.79 Å². The van der Waals surface area contributed by atoms with Gasteiger partial charge in [-0.2, -0.15) is 0 Å². The zero-order valence-electron chi connectivity index (χ0n) is 14.8. The monoisotopic (exact) mass is 374 g/mol. The molecule has 3 N–H and O–H groups in total. The predicted octanol–water partition coefficient (Wildman–Crippen LogP) is 3.19. The van der Waals surface area contributed by atoms with Gasteiger partial charge in [-0.25, -0.2) is 4.98 Å². The molecule has 0 aliphatic heterocycles. The van der Waals surface area contributed by atoms with E-state index < -0.39 is 0 Å². The van der Waals surface area contributed by atoms with E-state index in [1.165, 1.54) is 0 Å². The zero-order chi connectivity index (χ0) is 17.8. The summed E-state index contributed by atoms with van der Waals surface area (Å²) >= 11 is 0. The number of hydrogen-bond donors (Lipinski definition) is 2. The van der Waals surface area contributed by atoms with Gasteiger partial charge in [-0.1, -0.05) is 24.3 Å². The number of para-hydroxylation sites is 2. The number of hydrogen-bond acceptors (Lipinski definition) is 4. The highest BCUT2D eigenvalue weighted by Gasteiger charge is 2.14. The van der Waals surface area contributed by atoms with E-state index in [0.29, 0.717) is 12.5 Å². The maximum atomic E-state index is 12.1. The van der Waals surface area contributed by atoms with E-state index in [1.54, 1.807) is 14.0 Å². The Bertz CT molecular complexity index is 892. The highest BCUT2D eigenvalue weighted by molar-refractivity contribution is 5.91. The first-order valence-corrected chi connectivity index (χ1v) is 8.20. The van der Waals surface area contributed by atoms with Crippen LogP contribution in [0.2, 0.25) is 0 Å². The lowest BCUT2D eigenvalue weighted by molar-refractivity contribution is -0.116. The van der Waals surface area contributed by atoms with Crippen molar-refractivity contribution in [1.82, 2.24) is 9.55 Å². The first-order valence-electron chi connectivity index (χ1n) is 8.20. The Hall–Kier alpha value is -2.57. The van der Waals surface area contributed by atoms with Crippen molar-refractivity contribution in [2.24, 2.45) is 5.73 Å². The van der Waals surface area contributed by atoms with Crippen LogP contribution < -0.4 is 15.8 Å². The average molecular weight is 375 g/mol. The Morgan fingerprint density at radius 1 is 1.27 bits per heavy atom. The van der Waals surface area contributed by atoms with E-state index in [1.807, 2.05) is 53.1 Å². The summed E-state index contributed by atoms with van der Waals surface area (Å²) in [4.78, 5) is 16.7. The second kappa shape index (κ2) is 8.69. The number of methoxy groups -OCH3 is 1. The fourth-order valence-corrected chi connectivity index (χ4v) is 2.75. The molecule has 0 saturated carbocycles. The SMILES string of the molecule is COc1cccc(Cn2c(NC(=O)CC(C)N)nc3ccccc32)c1.Cl. The van der Waals surface area contributed by atoms with Gasteiger partial charge in [-0.15, -0.1) is 12.4 Å². The van der Waals surface area contributed by atoms with E-state index >= 15 is 0 Å². The molecule has 1 unspecified atom stereocenters. The topological polar surface area (TPSA) is 82.2 Å². The minimum atomic E-state index is -0.198. The molecule has 2 aromatic carbocycles. The third-order valence-corrected chi connectivity index (χ3v) is 3.89. The third kappa shape index (κ3) is 4.53. The van der Waals surface area contributed by atoms with Crippen molar-refractivity contribution in [3.05, 3.63) is 54.1 Å². The van der Waals surface area contributed by atoms with Gasteiger partial charge in [-0.05, 0) is 36.8 Å². The molecule has 0 aliphatic carbocycles. The number of nitrogens with two attached hydrogens (primary N) is 1. The molecule has 0 saturated heterocycles. The van der Waals surface area contributed by atoms with Crippen LogP contribution in [0, 0.1) is 0 Å². The molecular formula is C19H23ClN4O2. The number of fused-ring (bicyclic) bond motifs is 1. The molecule has 26 heavy (non-hydrogen) atoms. The molecule has 0 bridgehead atoms. The molecule has 6 nitrogen and oxygen atoms in total. The van der Waals surface area contributed by atoms with Gasteiger partial charge in [0.25, 0.3) is 0 Å². The maximum absolute atomic E-state index is 12.1. The summed E-state index contributed by atoms with van der Waals surface area (Å²) in [5.41, 5.74) is 8.57. The molecule has 3 aromatic rings. The number of amides is 1. The Morgan fingerprint density at radius 3 is 2.77 bits per heavy atom. The Labute approximate surface area is 158 Å². The first kappa shape index (κ1) is 19.8. The Morgan fingerprint density at radius 2 is 2.04 bits per heavy atom. The maximum Gasteiger partial charge on any atom is 0.228 e. The summed E-state index contributed by atoms with van der Waals surface area (Å²) in [6, 6.07) is 15.5. The smallest absolute Gasteiger partial charge is 0.228 e. The largest absolute Gasteiger partial charge is 0.497 e. The van der Waals surface area contributed by atoms with Crippen LogP contribution in [0.1, 0.15) is 18.9 Å². The van der Waals surface area contributed by atoms with Gasteiger partial charge in [0.1, 0.15) is 5.75 Å². The van der Waals surface area contributed by atoms with Crippen LogP contribution in [0.3, 0.4) is 0 Å². The molecule has 0 spiro atoms. The Kier molecular flexibility index (Phi) is 6.60. The molecule has 1 atom stereocenters. The highest BCUT2D eigenvalue weighted by atomic mass is 35.5. The van der Waals surface area contributed by atoms with Gasteiger partial charge in [0, 0.05) is 12.5 Å². The number of halogens is 1. The number of imidazole rings is 1. The summed E-state index contributed by atoms with van der Waals surface area (Å²) in [5.74, 6) is 1.18. The molecule has 138 valence electrons. The standard InChI is InChI=1S/C19H22N4O2.ClH/c1-13(20)10-18(24)22-19-21-16-8-3-4-9-17(16)23(19)12-14-6-5-7-15(11-14)25-2;/h3-9,11,13H,10,12,20H2,1-2H3,(H,21,22,24);1H. The van der Waals surface area contributed by atoms with Crippen molar-refractivity contribution < 1.29 is 9.53 Å². The van der Waals surface area contributed by atoms with Crippen molar-refractivity contribution in [3.63, 3.8) is 0 Å². The van der Waals surface area contributed by atoms with E-state index in [-0.39, 0.29) is 30.8 Å². The van der Waals surface area contributed by atoms with Crippen LogP contribution >= 0.6 is 12.4 Å². The molecule has 0 fully saturated rings. The number of ether oxygens (including phenoxy) is 1. The number of carbonyl (C=O) groups excluding carboxylic acids is 1. The number of anilines is 1. The first-order chi connectivity index (χ1) is 12.1. The van der Waals surface area contributed by atoms with Crippen molar-refractivity contribution in [2.45, 2.75) is 25.9 Å². The molecule has 0 aliphatic rings. The summed E-state index contributed by atoms with van der Waals surface area (Å²) in [5, 5.41) is 2.88. The number of carbonyl (C=O) groups is 1. The van der Waals surface area contributed by atoms with E-state index in [4.69, 9.17) is 10.5 Å². The number of rotatable bonds is 6. The van der Waals surface area contributed by atoms with Crippen LogP contribution in [-0.2, 0) is 11.3 Å². The average Bonchev–Trinajstić information content (AvgIpc) is 2.91. The summed E-state index contributed by atoms with van der Waals surface area (Å²) < 4.78 is 7.28. The summed E-state index contributed by atoms with van der Waals surface area (Å²) in [6.07, 6.45) is 0.252. The van der Waals surface area contributed by atoms with Crippen LogP contribution in [0.5, 0.6) is 5.75 Å². The molecule has 3 rings (SSSR count). The minimum Gasteiger partial charge on any atom is -0.497 e. The van der Waals surface area contributed by atoms with Crippen molar-refractivity contribution in [2.75, 3.05) is 12.4 Å². The predicted molar refractivity (Wildman–Crippen MR) is 106 cm³/mol. The van der Waals surface area contributed by atoms with Crippen molar-refractivity contribution >= 4 is 35.3 Å². The molecular weight excluding hydrogens is 352 g/mol. The normalized spacial score (nSPS) is 11.7. The van der Waals surface area contributed by atoms with E-state index in [2.05, 4.69) is 10.3 Å². The van der Waals surface area contributed by atoms with Gasteiger partial charge in [0.2, 0.25) is 11.9 Å². The second-order valence-corrected chi connectivity index (χ2v) is 6.09. The van der Waals surface area contributed by atoms with Gasteiger partial charge in [0.15, 0.2) is 0 Å². The molecule has 7 heteroatoms. The van der Waals surface area contributed by atoms with Crippen LogP contribution in [-0.4, -0.2) is 28.6 Å². The molecule has 1 amide bonds. The van der Waals surface area contributed by atoms with Gasteiger partial charge in [-0.3, -0.25) is 10.1 Å². The van der Waals surface area contributed by atoms with Crippen molar-refractivity contribution in [3.8, 4) is 5.75 Å². The lowest BCUT2D eigenvalue weighted by atomic mass is 10.2. The number of nitrogens with zero attached hydrogens (tertiary/aromatic N) is 2. The van der Waals surface area contributed by atoms with Crippen LogP contribution in [0.25, 0.3) is 11.0 Å². The van der Waals surface area contributed by atoms with Gasteiger partial charge >= 0.3 is 0 Å². The Balaban J connectivity index is 0.00000243. The minimum absolute atomic E-state index is 0.